The Morgan fingerprint density at radius 3 is 2.32 bits per heavy atom. The molecule has 0 aliphatic heterocycles. The molecule has 0 bridgehead atoms. The van der Waals surface area contributed by atoms with Crippen LogP contribution in [0.1, 0.15) is 94.7 Å². The lowest BCUT2D eigenvalue weighted by molar-refractivity contribution is 0.165. The van der Waals surface area contributed by atoms with Gasteiger partial charge in [0, 0.05) is 0 Å². The van der Waals surface area contributed by atoms with Crippen LogP contribution in [-0.2, 0) is 0 Å². The van der Waals surface area contributed by atoms with E-state index in [0.29, 0.717) is 5.92 Å². The Labute approximate surface area is 121 Å². The van der Waals surface area contributed by atoms with Crippen LogP contribution in [0.15, 0.2) is 0 Å². The van der Waals surface area contributed by atoms with Crippen molar-refractivity contribution in [3.63, 3.8) is 0 Å². The van der Waals surface area contributed by atoms with Crippen LogP contribution in [0.3, 0.4) is 0 Å². The van der Waals surface area contributed by atoms with Crippen LogP contribution in [0.4, 0.5) is 0 Å². The SMILES string of the molecule is CCCCCCCCCC(O)c1snnc1C(C)C. The zero-order valence-corrected chi connectivity index (χ0v) is 13.4. The van der Waals surface area contributed by atoms with Crippen molar-refractivity contribution in [2.75, 3.05) is 0 Å². The maximum Gasteiger partial charge on any atom is 0.0917 e. The molecule has 1 heterocycles. The summed E-state index contributed by atoms with van der Waals surface area (Å²) in [6, 6.07) is 0. The molecule has 19 heavy (non-hydrogen) atoms. The molecule has 0 aromatic carbocycles. The highest BCUT2D eigenvalue weighted by Crippen LogP contribution is 2.29. The molecule has 4 heteroatoms. The molecule has 0 aliphatic rings. The predicted molar refractivity (Wildman–Crippen MR) is 81.6 cm³/mol. The third kappa shape index (κ3) is 6.00. The molecule has 1 aromatic rings. The summed E-state index contributed by atoms with van der Waals surface area (Å²) < 4.78 is 3.97. The van der Waals surface area contributed by atoms with Crippen molar-refractivity contribution in [3.8, 4) is 0 Å². The molecule has 110 valence electrons. The zero-order valence-electron chi connectivity index (χ0n) is 12.6. The second kappa shape index (κ2) is 9.43. The molecule has 0 spiro atoms. The van der Waals surface area contributed by atoms with E-state index in [0.717, 1.165) is 23.4 Å². The van der Waals surface area contributed by atoms with E-state index in [1.807, 2.05) is 0 Å². The van der Waals surface area contributed by atoms with Crippen LogP contribution >= 0.6 is 11.5 Å². The fraction of sp³-hybridized carbons (Fsp3) is 0.867. The van der Waals surface area contributed by atoms with Gasteiger partial charge in [-0.1, -0.05) is 70.2 Å². The van der Waals surface area contributed by atoms with E-state index in [2.05, 4.69) is 30.4 Å². The number of aromatic nitrogens is 2. The summed E-state index contributed by atoms with van der Waals surface area (Å²) in [5, 5.41) is 14.3. The number of aliphatic hydroxyl groups is 1. The highest BCUT2D eigenvalue weighted by Gasteiger charge is 2.18. The number of hydrogen-bond donors (Lipinski definition) is 1. The predicted octanol–water partition coefficient (Wildman–Crippen LogP) is 4.84. The summed E-state index contributed by atoms with van der Waals surface area (Å²) >= 11 is 1.35. The van der Waals surface area contributed by atoms with Gasteiger partial charge in [-0.05, 0) is 23.9 Å². The van der Waals surface area contributed by atoms with Crippen molar-refractivity contribution in [1.29, 1.82) is 0 Å². The fourth-order valence-corrected chi connectivity index (χ4v) is 3.09. The Balaban J connectivity index is 2.20. The topological polar surface area (TPSA) is 46.0 Å². The summed E-state index contributed by atoms with van der Waals surface area (Å²) in [4.78, 5) is 0.973. The smallest absolute Gasteiger partial charge is 0.0917 e. The molecule has 1 aromatic heterocycles. The van der Waals surface area contributed by atoms with Crippen LogP contribution in [0, 0.1) is 0 Å². The van der Waals surface area contributed by atoms with Crippen LogP contribution in [0.2, 0.25) is 0 Å². The second-order valence-electron chi connectivity index (χ2n) is 5.60. The van der Waals surface area contributed by atoms with Crippen LogP contribution in [0.5, 0.6) is 0 Å². The maximum absolute atomic E-state index is 10.2. The van der Waals surface area contributed by atoms with Gasteiger partial charge in [0.05, 0.1) is 16.7 Å². The first-order valence-corrected chi connectivity index (χ1v) is 8.44. The first-order valence-electron chi connectivity index (χ1n) is 7.67. The van der Waals surface area contributed by atoms with Gasteiger partial charge in [0.15, 0.2) is 0 Å². The van der Waals surface area contributed by atoms with Gasteiger partial charge in [-0.2, -0.15) is 0 Å². The van der Waals surface area contributed by atoms with Gasteiger partial charge in [-0.25, -0.2) is 0 Å². The minimum atomic E-state index is -0.368. The monoisotopic (exact) mass is 284 g/mol. The lowest BCUT2D eigenvalue weighted by Crippen LogP contribution is -2.01. The van der Waals surface area contributed by atoms with E-state index in [1.54, 1.807) is 0 Å². The van der Waals surface area contributed by atoms with E-state index in [4.69, 9.17) is 0 Å². The first-order chi connectivity index (χ1) is 9.16. The third-order valence-corrected chi connectivity index (χ3v) is 4.31. The molecule has 1 rings (SSSR count). The molecule has 3 nitrogen and oxygen atoms in total. The highest BCUT2D eigenvalue weighted by atomic mass is 32.1. The van der Waals surface area contributed by atoms with E-state index >= 15 is 0 Å². The zero-order chi connectivity index (χ0) is 14.1. The quantitative estimate of drug-likeness (QED) is 0.626. The van der Waals surface area contributed by atoms with Crippen molar-refractivity contribution in [3.05, 3.63) is 10.6 Å². The van der Waals surface area contributed by atoms with Crippen LogP contribution < -0.4 is 0 Å². The van der Waals surface area contributed by atoms with Crippen molar-refractivity contribution < 1.29 is 5.11 Å². The van der Waals surface area contributed by atoms with Crippen molar-refractivity contribution in [2.24, 2.45) is 0 Å². The third-order valence-electron chi connectivity index (χ3n) is 3.47. The lowest BCUT2D eigenvalue weighted by atomic mass is 10.0. The molecule has 1 unspecified atom stereocenters. The molecular formula is C15H28N2OS. The molecule has 0 saturated carbocycles. The Morgan fingerprint density at radius 2 is 1.68 bits per heavy atom. The van der Waals surface area contributed by atoms with Gasteiger partial charge in [0.25, 0.3) is 0 Å². The van der Waals surface area contributed by atoms with Gasteiger partial charge in [-0.15, -0.1) is 5.10 Å². The van der Waals surface area contributed by atoms with Crippen LogP contribution in [0.25, 0.3) is 0 Å². The molecule has 0 amide bonds. The summed E-state index contributed by atoms with van der Waals surface area (Å²) in [5.41, 5.74) is 0.973. The summed E-state index contributed by atoms with van der Waals surface area (Å²) in [5.74, 6) is 0.345. The van der Waals surface area contributed by atoms with Crippen molar-refractivity contribution >= 4 is 11.5 Å². The number of nitrogens with zero attached hydrogens (tertiary/aromatic N) is 2. The van der Waals surface area contributed by atoms with Gasteiger partial charge in [0.2, 0.25) is 0 Å². The highest BCUT2D eigenvalue weighted by molar-refractivity contribution is 7.05. The van der Waals surface area contributed by atoms with E-state index < -0.39 is 0 Å². The van der Waals surface area contributed by atoms with Gasteiger partial charge in [0.1, 0.15) is 0 Å². The largest absolute Gasteiger partial charge is 0.387 e. The van der Waals surface area contributed by atoms with Gasteiger partial charge >= 0.3 is 0 Å². The molecule has 0 fully saturated rings. The molecule has 1 N–H and O–H groups in total. The minimum Gasteiger partial charge on any atom is -0.387 e. The molecule has 1 atom stereocenters. The Bertz CT molecular complexity index is 339. The Morgan fingerprint density at radius 1 is 1.05 bits per heavy atom. The fourth-order valence-electron chi connectivity index (χ4n) is 2.26. The maximum atomic E-state index is 10.2. The minimum absolute atomic E-state index is 0.345. The molecule has 0 radical (unpaired) electrons. The van der Waals surface area contributed by atoms with E-state index in [-0.39, 0.29) is 6.10 Å². The van der Waals surface area contributed by atoms with Crippen molar-refractivity contribution in [1.82, 2.24) is 9.59 Å². The average molecular weight is 284 g/mol. The second-order valence-corrected chi connectivity index (χ2v) is 6.39. The number of aliphatic hydroxyl groups excluding tert-OH is 1. The van der Waals surface area contributed by atoms with Crippen molar-refractivity contribution in [2.45, 2.75) is 84.2 Å². The number of unbranched alkanes of at least 4 members (excludes halogenated alkanes) is 6. The Hall–Kier alpha value is -0.480. The normalized spacial score (nSPS) is 13.1. The number of rotatable bonds is 10. The summed E-state index contributed by atoms with van der Waals surface area (Å²) in [6.07, 6.45) is 9.45. The average Bonchev–Trinajstić information content (AvgIpc) is 2.87. The summed E-state index contributed by atoms with van der Waals surface area (Å²) in [6.45, 7) is 6.44. The van der Waals surface area contributed by atoms with Gasteiger partial charge < -0.3 is 5.11 Å². The molecular weight excluding hydrogens is 256 g/mol. The standard InChI is InChI=1S/C15H28N2OS/c1-4-5-6-7-8-9-10-11-13(18)15-14(12(2)3)16-17-19-15/h12-13,18H,4-11H2,1-3H3. The lowest BCUT2D eigenvalue weighted by Gasteiger charge is -2.11. The summed E-state index contributed by atoms with van der Waals surface area (Å²) in [7, 11) is 0. The van der Waals surface area contributed by atoms with E-state index in [1.165, 1.54) is 50.1 Å². The van der Waals surface area contributed by atoms with E-state index in [9.17, 15) is 5.11 Å². The van der Waals surface area contributed by atoms with Gasteiger partial charge in [-0.3, -0.25) is 0 Å². The molecule has 0 saturated heterocycles. The Kier molecular flexibility index (Phi) is 8.22. The first kappa shape index (κ1) is 16.6. The number of hydrogen-bond acceptors (Lipinski definition) is 4. The molecule has 0 aliphatic carbocycles. The van der Waals surface area contributed by atoms with Crippen LogP contribution in [-0.4, -0.2) is 14.7 Å².